The molecule has 1 aromatic carbocycles. The first-order valence-corrected chi connectivity index (χ1v) is 5.30. The molecule has 0 saturated carbocycles. The Balaban J connectivity index is 2.65. The van der Waals surface area contributed by atoms with E-state index in [1.807, 2.05) is 37.3 Å². The third kappa shape index (κ3) is 4.51. The number of hydrogen-bond acceptors (Lipinski definition) is 3. The van der Waals surface area contributed by atoms with Crippen LogP contribution in [0.1, 0.15) is 25.0 Å². The number of carbonyl (C=O) groups excluding carboxylic acids is 1. The highest BCUT2D eigenvalue weighted by molar-refractivity contribution is 5.90. The fraction of sp³-hybridized carbons (Fsp3) is 0.231. The van der Waals surface area contributed by atoms with E-state index in [4.69, 9.17) is 9.84 Å². The lowest BCUT2D eigenvalue weighted by molar-refractivity contribution is -0.144. The number of carboxylic acids is 1. The number of carbonyl (C=O) groups is 2. The SMILES string of the molecule is CCC(OC(=O)/C=C\C(=O)O)c1ccccc1. The van der Waals surface area contributed by atoms with Crippen LogP contribution in [0, 0.1) is 0 Å². The highest BCUT2D eigenvalue weighted by Gasteiger charge is 2.12. The van der Waals surface area contributed by atoms with Crippen LogP contribution in [0.25, 0.3) is 0 Å². The molecule has 0 bridgehead atoms. The van der Waals surface area contributed by atoms with Gasteiger partial charge in [0.1, 0.15) is 6.10 Å². The average molecular weight is 234 g/mol. The number of ether oxygens (including phenoxy) is 1. The smallest absolute Gasteiger partial charge is 0.331 e. The topological polar surface area (TPSA) is 63.6 Å². The molecule has 0 heterocycles. The molecule has 0 radical (unpaired) electrons. The Hall–Kier alpha value is -2.10. The average Bonchev–Trinajstić information content (AvgIpc) is 2.34. The van der Waals surface area contributed by atoms with Crippen molar-refractivity contribution in [3.63, 3.8) is 0 Å². The Kier molecular flexibility index (Phi) is 4.94. The second-order valence-electron chi connectivity index (χ2n) is 3.42. The van der Waals surface area contributed by atoms with E-state index in [1.165, 1.54) is 0 Å². The molecule has 0 aliphatic rings. The Labute approximate surface area is 99.5 Å². The van der Waals surface area contributed by atoms with Gasteiger partial charge in [-0.15, -0.1) is 0 Å². The summed E-state index contributed by atoms with van der Waals surface area (Å²) in [6.45, 7) is 1.89. The van der Waals surface area contributed by atoms with Crippen LogP contribution < -0.4 is 0 Å². The van der Waals surface area contributed by atoms with Crippen LogP contribution in [0.3, 0.4) is 0 Å². The molecule has 0 aliphatic carbocycles. The number of aliphatic carboxylic acids is 1. The van der Waals surface area contributed by atoms with E-state index < -0.39 is 11.9 Å². The van der Waals surface area contributed by atoms with Gasteiger partial charge in [-0.05, 0) is 12.0 Å². The summed E-state index contributed by atoms with van der Waals surface area (Å²) in [6, 6.07) is 9.32. The van der Waals surface area contributed by atoms with Gasteiger partial charge in [0.15, 0.2) is 0 Å². The summed E-state index contributed by atoms with van der Waals surface area (Å²) in [5, 5.41) is 8.38. The molecule has 1 N–H and O–H groups in total. The lowest BCUT2D eigenvalue weighted by Crippen LogP contribution is -2.09. The first-order valence-electron chi connectivity index (χ1n) is 5.30. The van der Waals surface area contributed by atoms with E-state index in [0.717, 1.165) is 17.7 Å². The van der Waals surface area contributed by atoms with Crippen LogP contribution >= 0.6 is 0 Å². The second kappa shape index (κ2) is 6.48. The van der Waals surface area contributed by atoms with E-state index in [1.54, 1.807) is 0 Å². The Morgan fingerprint density at radius 2 is 1.94 bits per heavy atom. The first kappa shape index (κ1) is 13.0. The van der Waals surface area contributed by atoms with Gasteiger partial charge in [-0.1, -0.05) is 37.3 Å². The minimum absolute atomic E-state index is 0.345. The molecular formula is C13H14O4. The van der Waals surface area contributed by atoms with Crippen molar-refractivity contribution < 1.29 is 19.4 Å². The zero-order chi connectivity index (χ0) is 12.7. The third-order valence-corrected chi connectivity index (χ3v) is 2.16. The number of esters is 1. The predicted octanol–water partition coefficient (Wildman–Crippen LogP) is 2.32. The van der Waals surface area contributed by atoms with Crippen LogP contribution in [0.5, 0.6) is 0 Å². The van der Waals surface area contributed by atoms with Gasteiger partial charge in [0.2, 0.25) is 0 Å². The van der Waals surface area contributed by atoms with Gasteiger partial charge >= 0.3 is 11.9 Å². The first-order chi connectivity index (χ1) is 8.13. The predicted molar refractivity (Wildman–Crippen MR) is 62.3 cm³/mol. The van der Waals surface area contributed by atoms with Crippen molar-refractivity contribution in [2.24, 2.45) is 0 Å². The Morgan fingerprint density at radius 1 is 1.29 bits per heavy atom. The van der Waals surface area contributed by atoms with Crippen molar-refractivity contribution in [1.29, 1.82) is 0 Å². The molecule has 17 heavy (non-hydrogen) atoms. The van der Waals surface area contributed by atoms with Crippen LogP contribution in [-0.4, -0.2) is 17.0 Å². The molecule has 4 nitrogen and oxygen atoms in total. The highest BCUT2D eigenvalue weighted by atomic mass is 16.5. The van der Waals surface area contributed by atoms with Gasteiger partial charge in [-0.25, -0.2) is 9.59 Å². The van der Waals surface area contributed by atoms with Crippen molar-refractivity contribution in [2.45, 2.75) is 19.4 Å². The molecule has 0 aliphatic heterocycles. The second-order valence-corrected chi connectivity index (χ2v) is 3.42. The molecule has 1 atom stereocenters. The van der Waals surface area contributed by atoms with E-state index in [2.05, 4.69) is 0 Å². The molecule has 0 saturated heterocycles. The standard InChI is InChI=1S/C13H14O4/c1-2-11(10-6-4-3-5-7-10)17-13(16)9-8-12(14)15/h3-9,11H,2H2,1H3,(H,14,15)/b9-8-. The van der Waals surface area contributed by atoms with Crippen molar-refractivity contribution in [3.05, 3.63) is 48.0 Å². The maximum absolute atomic E-state index is 11.3. The minimum Gasteiger partial charge on any atom is -0.478 e. The molecule has 1 unspecified atom stereocenters. The van der Waals surface area contributed by atoms with Gasteiger partial charge in [0.05, 0.1) is 0 Å². The minimum atomic E-state index is -1.17. The Morgan fingerprint density at radius 3 is 2.47 bits per heavy atom. The fourth-order valence-electron chi connectivity index (χ4n) is 1.37. The highest BCUT2D eigenvalue weighted by Crippen LogP contribution is 2.20. The maximum Gasteiger partial charge on any atom is 0.331 e. The lowest BCUT2D eigenvalue weighted by Gasteiger charge is -2.15. The van der Waals surface area contributed by atoms with Gasteiger partial charge in [-0.2, -0.15) is 0 Å². The van der Waals surface area contributed by atoms with Gasteiger partial charge in [0, 0.05) is 12.2 Å². The molecule has 1 aromatic rings. The summed E-state index contributed by atoms with van der Waals surface area (Å²) in [5.74, 6) is -1.82. The quantitative estimate of drug-likeness (QED) is 0.627. The van der Waals surface area contributed by atoms with E-state index >= 15 is 0 Å². The van der Waals surface area contributed by atoms with Crippen LogP contribution in [0.4, 0.5) is 0 Å². The number of benzene rings is 1. The van der Waals surface area contributed by atoms with Gasteiger partial charge in [-0.3, -0.25) is 0 Å². The lowest BCUT2D eigenvalue weighted by atomic mass is 10.1. The molecule has 1 rings (SSSR count). The van der Waals surface area contributed by atoms with Crippen molar-refractivity contribution in [2.75, 3.05) is 0 Å². The van der Waals surface area contributed by atoms with Crippen LogP contribution in [-0.2, 0) is 14.3 Å². The zero-order valence-electron chi connectivity index (χ0n) is 9.50. The summed E-state index contributed by atoms with van der Waals surface area (Å²) in [5.41, 5.74) is 0.895. The molecule has 0 amide bonds. The number of hydrogen-bond donors (Lipinski definition) is 1. The number of rotatable bonds is 5. The molecule has 0 fully saturated rings. The van der Waals surface area contributed by atoms with Crippen LogP contribution in [0.15, 0.2) is 42.5 Å². The maximum atomic E-state index is 11.3. The summed E-state index contributed by atoms with van der Waals surface area (Å²) < 4.78 is 5.15. The normalized spacial score (nSPS) is 12.3. The molecule has 4 heteroatoms. The van der Waals surface area contributed by atoms with Crippen LogP contribution in [0.2, 0.25) is 0 Å². The summed E-state index contributed by atoms with van der Waals surface area (Å²) in [7, 11) is 0. The van der Waals surface area contributed by atoms with E-state index in [9.17, 15) is 9.59 Å². The zero-order valence-corrected chi connectivity index (χ0v) is 9.50. The fourth-order valence-corrected chi connectivity index (χ4v) is 1.37. The summed E-state index contributed by atoms with van der Waals surface area (Å²) in [4.78, 5) is 21.6. The Bertz CT molecular complexity index is 409. The molecular weight excluding hydrogens is 220 g/mol. The third-order valence-electron chi connectivity index (χ3n) is 2.16. The van der Waals surface area contributed by atoms with E-state index in [0.29, 0.717) is 6.42 Å². The largest absolute Gasteiger partial charge is 0.478 e. The molecule has 0 spiro atoms. The monoisotopic (exact) mass is 234 g/mol. The summed E-state index contributed by atoms with van der Waals surface area (Å²) >= 11 is 0. The molecule has 0 aromatic heterocycles. The van der Waals surface area contributed by atoms with Crippen molar-refractivity contribution >= 4 is 11.9 Å². The van der Waals surface area contributed by atoms with Gasteiger partial charge < -0.3 is 9.84 Å². The van der Waals surface area contributed by atoms with E-state index in [-0.39, 0.29) is 6.10 Å². The van der Waals surface area contributed by atoms with Crippen molar-refractivity contribution in [3.8, 4) is 0 Å². The molecule has 90 valence electrons. The number of carboxylic acid groups (broad SMARTS) is 1. The van der Waals surface area contributed by atoms with Gasteiger partial charge in [0.25, 0.3) is 0 Å². The summed E-state index contributed by atoms with van der Waals surface area (Å²) in [6.07, 6.45) is 1.96. The van der Waals surface area contributed by atoms with Crippen molar-refractivity contribution in [1.82, 2.24) is 0 Å².